The summed E-state index contributed by atoms with van der Waals surface area (Å²) in [5.41, 5.74) is 1.11. The standard InChI is InChI=1S/C17H23ClFN3O/c18-15-2-1-3-16(10-15)21-6-8-22(9-7-21)17(23)13-20-5-4-14(11-19)12-20/h1-3,10,14H,4-9,11-13H2/t14-/m0/s1. The zero-order chi connectivity index (χ0) is 16.2. The van der Waals surface area contributed by atoms with Gasteiger partial charge in [0.1, 0.15) is 0 Å². The number of halogens is 2. The number of carbonyl (C=O) groups is 1. The van der Waals surface area contributed by atoms with Crippen LogP contribution < -0.4 is 4.90 Å². The summed E-state index contributed by atoms with van der Waals surface area (Å²) in [4.78, 5) is 18.7. The number of likely N-dealkylation sites (tertiary alicyclic amines) is 1. The lowest BCUT2D eigenvalue weighted by Gasteiger charge is -2.36. The lowest BCUT2D eigenvalue weighted by Crippen LogP contribution is -2.51. The van der Waals surface area contributed by atoms with Crippen LogP contribution in [0.25, 0.3) is 0 Å². The van der Waals surface area contributed by atoms with Gasteiger partial charge in [-0.25, -0.2) is 0 Å². The van der Waals surface area contributed by atoms with Gasteiger partial charge in [-0.3, -0.25) is 14.1 Å². The number of carbonyl (C=O) groups excluding carboxylic acids is 1. The molecule has 0 spiro atoms. The molecule has 0 bridgehead atoms. The van der Waals surface area contributed by atoms with E-state index in [4.69, 9.17) is 11.6 Å². The molecule has 3 rings (SSSR count). The second-order valence-electron chi connectivity index (χ2n) is 6.39. The van der Waals surface area contributed by atoms with Gasteiger partial charge in [-0.15, -0.1) is 0 Å². The van der Waals surface area contributed by atoms with Gasteiger partial charge in [0.05, 0.1) is 13.2 Å². The van der Waals surface area contributed by atoms with Crippen molar-refractivity contribution in [2.75, 3.05) is 57.4 Å². The molecule has 2 saturated heterocycles. The van der Waals surface area contributed by atoms with Crippen molar-refractivity contribution in [1.82, 2.24) is 9.80 Å². The highest BCUT2D eigenvalue weighted by Crippen LogP contribution is 2.21. The van der Waals surface area contributed by atoms with Crippen molar-refractivity contribution in [2.45, 2.75) is 6.42 Å². The van der Waals surface area contributed by atoms with Gasteiger partial charge >= 0.3 is 0 Å². The topological polar surface area (TPSA) is 26.8 Å². The van der Waals surface area contributed by atoms with Crippen molar-refractivity contribution >= 4 is 23.2 Å². The molecule has 23 heavy (non-hydrogen) atoms. The van der Waals surface area contributed by atoms with Gasteiger partial charge in [-0.05, 0) is 31.2 Å². The maximum atomic E-state index is 12.7. The minimum atomic E-state index is -0.275. The van der Waals surface area contributed by atoms with Crippen molar-refractivity contribution in [3.05, 3.63) is 29.3 Å². The maximum Gasteiger partial charge on any atom is 0.236 e. The summed E-state index contributed by atoms with van der Waals surface area (Å²) in [5, 5.41) is 0.734. The first-order valence-corrected chi connectivity index (χ1v) is 8.60. The number of rotatable bonds is 4. The predicted octanol–water partition coefficient (Wildman–Crippen LogP) is 2.28. The molecule has 2 heterocycles. The highest BCUT2D eigenvalue weighted by molar-refractivity contribution is 6.30. The van der Waals surface area contributed by atoms with Crippen molar-refractivity contribution in [2.24, 2.45) is 5.92 Å². The third-order valence-corrected chi connectivity index (χ3v) is 4.99. The number of benzene rings is 1. The molecule has 0 radical (unpaired) electrons. The summed E-state index contributed by atoms with van der Waals surface area (Å²) in [6.07, 6.45) is 0.867. The van der Waals surface area contributed by atoms with Crippen LogP contribution in [0.5, 0.6) is 0 Å². The Morgan fingerprint density at radius 2 is 2.00 bits per heavy atom. The Balaban J connectivity index is 1.48. The van der Waals surface area contributed by atoms with E-state index in [1.54, 1.807) is 0 Å². The van der Waals surface area contributed by atoms with Gasteiger partial charge in [0.2, 0.25) is 5.91 Å². The van der Waals surface area contributed by atoms with Crippen LogP contribution in [0.3, 0.4) is 0 Å². The van der Waals surface area contributed by atoms with Crippen LogP contribution in [0, 0.1) is 5.92 Å². The average Bonchev–Trinajstić information content (AvgIpc) is 3.02. The van der Waals surface area contributed by atoms with Crippen LogP contribution in [0.4, 0.5) is 10.1 Å². The van der Waals surface area contributed by atoms with Crippen LogP contribution in [-0.2, 0) is 4.79 Å². The molecule has 0 N–H and O–H groups in total. The first kappa shape index (κ1) is 16.5. The Hall–Kier alpha value is -1.33. The molecule has 0 saturated carbocycles. The number of anilines is 1. The molecular formula is C17H23ClFN3O. The predicted molar refractivity (Wildman–Crippen MR) is 90.8 cm³/mol. The molecular weight excluding hydrogens is 317 g/mol. The van der Waals surface area contributed by atoms with E-state index in [1.165, 1.54) is 0 Å². The van der Waals surface area contributed by atoms with Gasteiger partial charge in [0.15, 0.2) is 0 Å². The first-order chi connectivity index (χ1) is 11.2. The Morgan fingerprint density at radius 3 is 2.65 bits per heavy atom. The number of alkyl halides is 1. The maximum absolute atomic E-state index is 12.7. The number of amides is 1. The summed E-state index contributed by atoms with van der Waals surface area (Å²) < 4.78 is 12.7. The first-order valence-electron chi connectivity index (χ1n) is 8.22. The fraction of sp³-hybridized carbons (Fsp3) is 0.588. The monoisotopic (exact) mass is 339 g/mol. The number of nitrogens with zero attached hydrogens (tertiary/aromatic N) is 3. The van der Waals surface area contributed by atoms with E-state index in [0.717, 1.165) is 49.9 Å². The van der Waals surface area contributed by atoms with Crippen LogP contribution in [0.2, 0.25) is 5.02 Å². The number of hydrogen-bond donors (Lipinski definition) is 0. The van der Waals surface area contributed by atoms with Gasteiger partial charge in [-0.2, -0.15) is 0 Å². The van der Waals surface area contributed by atoms with E-state index in [-0.39, 0.29) is 18.5 Å². The molecule has 2 fully saturated rings. The SMILES string of the molecule is O=C(CN1CC[C@@H](CF)C1)N1CCN(c2cccc(Cl)c2)CC1. The fourth-order valence-electron chi connectivity index (χ4n) is 3.36. The number of hydrogen-bond acceptors (Lipinski definition) is 3. The van der Waals surface area contributed by atoms with Crippen LogP contribution >= 0.6 is 11.6 Å². The Bertz CT molecular complexity index is 548. The lowest BCUT2D eigenvalue weighted by atomic mass is 10.1. The van der Waals surface area contributed by atoms with E-state index < -0.39 is 0 Å². The van der Waals surface area contributed by atoms with Gasteiger partial charge < -0.3 is 9.80 Å². The molecule has 1 aromatic carbocycles. The minimum Gasteiger partial charge on any atom is -0.368 e. The molecule has 126 valence electrons. The molecule has 2 aliphatic heterocycles. The molecule has 2 aliphatic rings. The molecule has 0 aromatic heterocycles. The summed E-state index contributed by atoms with van der Waals surface area (Å²) in [7, 11) is 0. The summed E-state index contributed by atoms with van der Waals surface area (Å²) >= 11 is 6.04. The Labute approximate surface area is 141 Å². The van der Waals surface area contributed by atoms with Crippen LogP contribution in [-0.4, -0.2) is 68.2 Å². The van der Waals surface area contributed by atoms with Crippen molar-refractivity contribution in [3.63, 3.8) is 0 Å². The van der Waals surface area contributed by atoms with E-state index in [9.17, 15) is 9.18 Å². The van der Waals surface area contributed by atoms with Gasteiger partial charge in [0, 0.05) is 49.4 Å². The van der Waals surface area contributed by atoms with E-state index in [1.807, 2.05) is 29.2 Å². The lowest BCUT2D eigenvalue weighted by molar-refractivity contribution is -0.132. The van der Waals surface area contributed by atoms with E-state index >= 15 is 0 Å². The van der Waals surface area contributed by atoms with Crippen molar-refractivity contribution in [1.29, 1.82) is 0 Å². The average molecular weight is 340 g/mol. The zero-order valence-electron chi connectivity index (χ0n) is 13.3. The van der Waals surface area contributed by atoms with Crippen molar-refractivity contribution < 1.29 is 9.18 Å². The second-order valence-corrected chi connectivity index (χ2v) is 6.83. The fourth-order valence-corrected chi connectivity index (χ4v) is 3.55. The summed E-state index contributed by atoms with van der Waals surface area (Å²) in [5.74, 6) is 0.276. The molecule has 0 unspecified atom stereocenters. The molecule has 6 heteroatoms. The quantitative estimate of drug-likeness (QED) is 0.842. The van der Waals surface area contributed by atoms with Crippen LogP contribution in [0.1, 0.15) is 6.42 Å². The third kappa shape index (κ3) is 4.15. The normalized spacial score (nSPS) is 22.6. The minimum absolute atomic E-state index is 0.113. The second kappa shape index (κ2) is 7.49. The summed E-state index contributed by atoms with van der Waals surface area (Å²) in [6, 6.07) is 7.82. The molecule has 1 amide bonds. The Kier molecular flexibility index (Phi) is 5.38. The van der Waals surface area contributed by atoms with Crippen molar-refractivity contribution in [3.8, 4) is 0 Å². The highest BCUT2D eigenvalue weighted by Gasteiger charge is 2.27. The smallest absolute Gasteiger partial charge is 0.236 e. The summed E-state index contributed by atoms with van der Waals surface area (Å²) in [6.45, 7) is 4.79. The molecule has 0 aliphatic carbocycles. The highest BCUT2D eigenvalue weighted by atomic mass is 35.5. The molecule has 1 aromatic rings. The van der Waals surface area contributed by atoms with Gasteiger partial charge in [-0.1, -0.05) is 17.7 Å². The van der Waals surface area contributed by atoms with Gasteiger partial charge in [0.25, 0.3) is 0 Å². The zero-order valence-corrected chi connectivity index (χ0v) is 14.0. The molecule has 4 nitrogen and oxygen atoms in total. The van der Waals surface area contributed by atoms with E-state index in [2.05, 4.69) is 9.80 Å². The molecule has 1 atom stereocenters. The third-order valence-electron chi connectivity index (χ3n) is 4.75. The number of piperazine rings is 1. The van der Waals surface area contributed by atoms with Crippen LogP contribution in [0.15, 0.2) is 24.3 Å². The van der Waals surface area contributed by atoms with E-state index in [0.29, 0.717) is 13.1 Å². The largest absolute Gasteiger partial charge is 0.368 e. The Morgan fingerprint density at radius 1 is 1.22 bits per heavy atom.